The van der Waals surface area contributed by atoms with Crippen LogP contribution >= 0.6 is 23.2 Å². The molecule has 1 N–H and O–H groups in total. The van der Waals surface area contributed by atoms with E-state index < -0.39 is 26.6 Å². The minimum absolute atomic E-state index is 0.0498. The van der Waals surface area contributed by atoms with Gasteiger partial charge in [-0.15, -0.1) is 0 Å². The highest BCUT2D eigenvalue weighted by Gasteiger charge is 2.22. The summed E-state index contributed by atoms with van der Waals surface area (Å²) in [6.45, 7) is 0. The van der Waals surface area contributed by atoms with Crippen molar-refractivity contribution in [3.8, 4) is 11.5 Å². The lowest BCUT2D eigenvalue weighted by Gasteiger charge is -2.11. The zero-order valence-corrected chi connectivity index (χ0v) is 19.6. The zero-order chi connectivity index (χ0) is 24.9. The molecule has 34 heavy (non-hydrogen) atoms. The minimum atomic E-state index is -4.38. The van der Waals surface area contributed by atoms with Crippen molar-refractivity contribution in [3.63, 3.8) is 0 Å². The van der Waals surface area contributed by atoms with Crippen molar-refractivity contribution < 1.29 is 27.1 Å². The molecule has 0 saturated carbocycles. The van der Waals surface area contributed by atoms with Gasteiger partial charge in [0.2, 0.25) is 0 Å². The number of nitrogens with one attached hydrogen (secondary N) is 1. The van der Waals surface area contributed by atoms with Crippen LogP contribution in [0.2, 0.25) is 10.0 Å². The van der Waals surface area contributed by atoms with E-state index >= 15 is 0 Å². The summed E-state index contributed by atoms with van der Waals surface area (Å²) in [6, 6.07) is 13.0. The number of methoxy groups -OCH3 is 1. The molecule has 0 fully saturated rings. The lowest BCUT2D eigenvalue weighted by atomic mass is 10.2. The molecule has 0 saturated heterocycles. The molecule has 0 aliphatic heterocycles. The Labute approximate surface area is 204 Å². The SMILES string of the molecule is COc1cc(/C=N\NC(=O)c2ccc(Cl)c(Cl)c2)ccc1OS(=O)(=O)c1cccc([N+](=O)[O-])c1. The van der Waals surface area contributed by atoms with Gasteiger partial charge in [0.25, 0.3) is 11.6 Å². The molecule has 0 aliphatic rings. The molecule has 10 nitrogen and oxygen atoms in total. The highest BCUT2D eigenvalue weighted by Crippen LogP contribution is 2.31. The second-order valence-electron chi connectivity index (χ2n) is 6.53. The quantitative estimate of drug-likeness (QED) is 0.199. The standard InChI is InChI=1S/C21H15Cl2N3O7S/c1-32-20-9-13(12-24-25-21(27)14-6-7-17(22)18(23)10-14)5-8-19(20)33-34(30,31)16-4-2-3-15(11-16)26(28)29/h2-12H,1H3,(H,25,27)/b24-12-. The van der Waals surface area contributed by atoms with Gasteiger partial charge in [-0.2, -0.15) is 13.5 Å². The predicted molar refractivity (Wildman–Crippen MR) is 125 cm³/mol. The van der Waals surface area contributed by atoms with E-state index in [1.54, 1.807) is 0 Å². The van der Waals surface area contributed by atoms with Crippen molar-refractivity contribution in [2.45, 2.75) is 4.90 Å². The van der Waals surface area contributed by atoms with Gasteiger partial charge in [-0.3, -0.25) is 14.9 Å². The van der Waals surface area contributed by atoms with Crippen LogP contribution in [0.25, 0.3) is 0 Å². The summed E-state index contributed by atoms with van der Waals surface area (Å²) in [6.07, 6.45) is 1.30. The van der Waals surface area contributed by atoms with Gasteiger partial charge in [0, 0.05) is 17.7 Å². The number of benzene rings is 3. The number of hydrogen-bond acceptors (Lipinski definition) is 8. The number of nitro groups is 1. The van der Waals surface area contributed by atoms with Crippen molar-refractivity contribution >= 4 is 51.1 Å². The Morgan fingerprint density at radius 2 is 1.82 bits per heavy atom. The van der Waals surface area contributed by atoms with Gasteiger partial charge in [-0.1, -0.05) is 29.3 Å². The van der Waals surface area contributed by atoms with Crippen LogP contribution in [0.3, 0.4) is 0 Å². The number of ether oxygens (including phenoxy) is 1. The Hall–Kier alpha value is -3.67. The van der Waals surface area contributed by atoms with Gasteiger partial charge in [0.15, 0.2) is 11.5 Å². The predicted octanol–water partition coefficient (Wildman–Crippen LogP) is 4.44. The maximum atomic E-state index is 12.6. The van der Waals surface area contributed by atoms with Crippen LogP contribution in [-0.2, 0) is 10.1 Å². The molecule has 0 atom stereocenters. The van der Waals surface area contributed by atoms with E-state index in [1.807, 2.05) is 0 Å². The lowest BCUT2D eigenvalue weighted by molar-refractivity contribution is -0.385. The Kier molecular flexibility index (Phi) is 7.72. The van der Waals surface area contributed by atoms with Crippen LogP contribution < -0.4 is 14.3 Å². The van der Waals surface area contributed by atoms with Gasteiger partial charge in [0.1, 0.15) is 4.90 Å². The minimum Gasteiger partial charge on any atom is -0.493 e. The molecule has 0 aliphatic carbocycles. The molecule has 0 bridgehead atoms. The number of hydrazone groups is 1. The molecule has 3 aromatic rings. The number of hydrogen-bond donors (Lipinski definition) is 1. The maximum absolute atomic E-state index is 12.6. The molecule has 0 radical (unpaired) electrons. The third-order valence-corrected chi connectivity index (χ3v) is 6.24. The van der Waals surface area contributed by atoms with E-state index in [1.165, 1.54) is 61.9 Å². The summed E-state index contributed by atoms with van der Waals surface area (Å²) in [4.78, 5) is 22.0. The molecular weight excluding hydrogens is 509 g/mol. The Morgan fingerprint density at radius 3 is 2.50 bits per heavy atom. The average molecular weight is 524 g/mol. The van der Waals surface area contributed by atoms with Crippen LogP contribution in [0, 0.1) is 10.1 Å². The smallest absolute Gasteiger partial charge is 0.339 e. The number of amides is 1. The van der Waals surface area contributed by atoms with E-state index in [0.29, 0.717) is 10.6 Å². The van der Waals surface area contributed by atoms with Gasteiger partial charge in [-0.05, 0) is 48.0 Å². The van der Waals surface area contributed by atoms with Gasteiger partial charge in [0.05, 0.1) is 28.3 Å². The fourth-order valence-corrected chi connectivity index (χ4v) is 3.90. The number of halogens is 2. The van der Waals surface area contributed by atoms with Crippen molar-refractivity contribution in [1.29, 1.82) is 0 Å². The number of carbonyl (C=O) groups is 1. The fraction of sp³-hybridized carbons (Fsp3) is 0.0476. The molecule has 13 heteroatoms. The van der Waals surface area contributed by atoms with Gasteiger partial charge in [-0.25, -0.2) is 5.43 Å². The van der Waals surface area contributed by atoms with E-state index in [4.69, 9.17) is 32.1 Å². The average Bonchev–Trinajstić information content (AvgIpc) is 2.81. The van der Waals surface area contributed by atoms with E-state index in [9.17, 15) is 23.3 Å². The first-order valence-electron chi connectivity index (χ1n) is 9.26. The van der Waals surface area contributed by atoms with Crippen molar-refractivity contribution in [2.24, 2.45) is 5.10 Å². The molecule has 0 aromatic heterocycles. The highest BCUT2D eigenvalue weighted by atomic mass is 35.5. The van der Waals surface area contributed by atoms with Crippen molar-refractivity contribution in [1.82, 2.24) is 5.43 Å². The summed E-state index contributed by atoms with van der Waals surface area (Å²) in [5.74, 6) is -0.621. The molecule has 0 spiro atoms. The topological polar surface area (TPSA) is 137 Å². The first kappa shape index (κ1) is 25.0. The summed E-state index contributed by atoms with van der Waals surface area (Å²) in [5.41, 5.74) is 2.63. The molecule has 0 unspecified atom stereocenters. The second-order valence-corrected chi connectivity index (χ2v) is 8.89. The number of rotatable bonds is 8. The number of non-ortho nitro benzene ring substituents is 1. The van der Waals surface area contributed by atoms with Crippen LogP contribution in [-0.4, -0.2) is 32.6 Å². The normalized spacial score (nSPS) is 11.3. The second kappa shape index (κ2) is 10.5. The molecule has 3 aromatic carbocycles. The number of carbonyl (C=O) groups excluding carboxylic acids is 1. The van der Waals surface area contributed by atoms with Crippen molar-refractivity contribution in [2.75, 3.05) is 7.11 Å². The van der Waals surface area contributed by atoms with Gasteiger partial charge >= 0.3 is 10.1 Å². The molecule has 3 rings (SSSR count). The van der Waals surface area contributed by atoms with Crippen LogP contribution in [0.4, 0.5) is 5.69 Å². The van der Waals surface area contributed by atoms with E-state index in [0.717, 1.165) is 12.1 Å². The third kappa shape index (κ3) is 6.01. The highest BCUT2D eigenvalue weighted by molar-refractivity contribution is 7.87. The lowest BCUT2D eigenvalue weighted by Crippen LogP contribution is -2.17. The van der Waals surface area contributed by atoms with Gasteiger partial charge < -0.3 is 8.92 Å². The monoisotopic (exact) mass is 523 g/mol. The Balaban J connectivity index is 1.75. The fourth-order valence-electron chi connectivity index (χ4n) is 2.62. The molecule has 0 heterocycles. The summed E-state index contributed by atoms with van der Waals surface area (Å²) < 4.78 is 35.4. The summed E-state index contributed by atoms with van der Waals surface area (Å²) in [7, 11) is -3.07. The summed E-state index contributed by atoms with van der Waals surface area (Å²) >= 11 is 11.7. The Bertz CT molecular complexity index is 1390. The molecular formula is C21H15Cl2N3O7S. The van der Waals surface area contributed by atoms with E-state index in [-0.39, 0.29) is 27.0 Å². The third-order valence-electron chi connectivity index (χ3n) is 4.27. The number of nitro benzene ring substituents is 1. The first-order valence-corrected chi connectivity index (χ1v) is 11.4. The van der Waals surface area contributed by atoms with Crippen molar-refractivity contribution in [3.05, 3.63) is 92.0 Å². The zero-order valence-electron chi connectivity index (χ0n) is 17.3. The molecule has 176 valence electrons. The van der Waals surface area contributed by atoms with Crippen LogP contribution in [0.15, 0.2) is 70.7 Å². The largest absolute Gasteiger partial charge is 0.493 e. The summed E-state index contributed by atoms with van der Waals surface area (Å²) in [5, 5.41) is 15.3. The number of nitrogens with zero attached hydrogens (tertiary/aromatic N) is 2. The maximum Gasteiger partial charge on any atom is 0.339 e. The van der Waals surface area contributed by atoms with E-state index in [2.05, 4.69) is 10.5 Å². The van der Waals surface area contributed by atoms with Crippen LogP contribution in [0.1, 0.15) is 15.9 Å². The molecule has 1 amide bonds. The van der Waals surface area contributed by atoms with Crippen LogP contribution in [0.5, 0.6) is 11.5 Å². The first-order chi connectivity index (χ1) is 16.1. The Morgan fingerprint density at radius 1 is 1.06 bits per heavy atom.